The Bertz CT molecular complexity index is 1270. The molecule has 3 aliphatic heterocycles. The molecule has 2 bridgehead atoms. The Morgan fingerprint density at radius 2 is 1.86 bits per heavy atom. The summed E-state index contributed by atoms with van der Waals surface area (Å²) >= 11 is 0. The molecule has 186 valence electrons. The van der Waals surface area contributed by atoms with Gasteiger partial charge in [0.15, 0.2) is 0 Å². The normalized spacial score (nSPS) is 28.2. The molecule has 3 fully saturated rings. The number of hydrogen-bond donors (Lipinski definition) is 0. The minimum atomic E-state index is -0.289. The van der Waals surface area contributed by atoms with Gasteiger partial charge in [0.1, 0.15) is 17.1 Å². The van der Waals surface area contributed by atoms with Gasteiger partial charge in [-0.1, -0.05) is 18.1 Å². The molecule has 7 nitrogen and oxygen atoms in total. The summed E-state index contributed by atoms with van der Waals surface area (Å²) in [6, 6.07) is 4.30. The van der Waals surface area contributed by atoms with E-state index in [-0.39, 0.29) is 22.9 Å². The Kier molecular flexibility index (Phi) is 5.63. The molecular weight excluding hydrogens is 442 g/mol. The van der Waals surface area contributed by atoms with E-state index in [9.17, 15) is 9.59 Å². The Hall–Kier alpha value is -2.80. The molecule has 3 saturated heterocycles. The van der Waals surface area contributed by atoms with Crippen molar-refractivity contribution < 1.29 is 14.3 Å². The van der Waals surface area contributed by atoms with Crippen molar-refractivity contribution in [2.45, 2.75) is 50.6 Å². The van der Waals surface area contributed by atoms with E-state index in [1.807, 2.05) is 16.5 Å². The largest absolute Gasteiger partial charge is 0.496 e. The first kappa shape index (κ1) is 22.7. The molecule has 2 aromatic rings. The fourth-order valence-electron chi connectivity index (χ4n) is 7.42. The second-order valence-corrected chi connectivity index (χ2v) is 10.7. The van der Waals surface area contributed by atoms with Crippen molar-refractivity contribution in [3.63, 3.8) is 0 Å². The Morgan fingerprint density at radius 1 is 1.06 bits per heavy atom. The molecule has 1 aliphatic carbocycles. The molecule has 0 spiro atoms. The van der Waals surface area contributed by atoms with E-state index in [0.29, 0.717) is 46.8 Å². The highest BCUT2D eigenvalue weighted by atomic mass is 16.5. The summed E-state index contributed by atoms with van der Waals surface area (Å²) in [5.41, 5.74) is 1.98. The first-order chi connectivity index (χ1) is 17.0. The standard InChI is InChI=1S/C28H35N3O4/c1-29-16-20(27(32)24-22(34-2)9-10-23(35-3)26(24)29)28(33)31-12-6-7-17-13-18-14-19(25(17)31)15-30-11-5-4-8-21(18)30/h9-10,13,16,18-19,21,25H,4-8,11-12,14-15H2,1-3H3/t18-,19-,21-,25-/m0/s1. The lowest BCUT2D eigenvalue weighted by Crippen LogP contribution is -2.60. The maximum atomic E-state index is 14.1. The summed E-state index contributed by atoms with van der Waals surface area (Å²) in [7, 11) is 4.98. The monoisotopic (exact) mass is 477 g/mol. The molecule has 6 rings (SSSR count). The lowest BCUT2D eigenvalue weighted by molar-refractivity contribution is 0.00142. The highest BCUT2D eigenvalue weighted by molar-refractivity contribution is 6.00. The van der Waals surface area contributed by atoms with Gasteiger partial charge >= 0.3 is 0 Å². The van der Waals surface area contributed by atoms with Gasteiger partial charge < -0.3 is 18.9 Å². The summed E-state index contributed by atoms with van der Waals surface area (Å²) in [6.07, 6.45) is 11.3. The highest BCUT2D eigenvalue weighted by Crippen LogP contribution is 2.45. The maximum Gasteiger partial charge on any atom is 0.259 e. The van der Waals surface area contributed by atoms with E-state index in [4.69, 9.17) is 9.47 Å². The molecule has 7 heteroatoms. The number of carbonyl (C=O) groups excluding carboxylic acids is 1. The Labute approximate surface area is 206 Å². The zero-order valence-corrected chi connectivity index (χ0v) is 21.0. The molecule has 4 atom stereocenters. The molecule has 0 unspecified atom stereocenters. The van der Waals surface area contributed by atoms with Crippen LogP contribution in [0.4, 0.5) is 0 Å². The molecule has 0 saturated carbocycles. The number of aryl methyl sites for hydroxylation is 1. The SMILES string of the molecule is COc1ccc(OC)c2c1c(=O)c(C(=O)N1CCCC3=C[C@H]4C[C@@H](CN5CCCC[C@@H]45)[C@H]31)cn2C. The summed E-state index contributed by atoms with van der Waals surface area (Å²) in [6.45, 7) is 2.93. The molecule has 1 amide bonds. The Balaban J connectivity index is 1.42. The van der Waals surface area contributed by atoms with Crippen LogP contribution >= 0.6 is 0 Å². The third-order valence-electron chi connectivity index (χ3n) is 8.84. The predicted molar refractivity (Wildman–Crippen MR) is 135 cm³/mol. The van der Waals surface area contributed by atoms with Crippen LogP contribution in [-0.2, 0) is 7.05 Å². The van der Waals surface area contributed by atoms with E-state index in [0.717, 1.165) is 25.8 Å². The average molecular weight is 478 g/mol. The number of fused-ring (bicyclic) bond motifs is 7. The second kappa shape index (κ2) is 8.70. The summed E-state index contributed by atoms with van der Waals surface area (Å²) in [4.78, 5) is 32.5. The van der Waals surface area contributed by atoms with Crippen LogP contribution in [0.2, 0.25) is 0 Å². The van der Waals surface area contributed by atoms with Crippen LogP contribution in [0, 0.1) is 11.8 Å². The third-order valence-corrected chi connectivity index (χ3v) is 8.84. The van der Waals surface area contributed by atoms with Crippen molar-refractivity contribution in [3.8, 4) is 11.5 Å². The van der Waals surface area contributed by atoms with Crippen molar-refractivity contribution in [2.75, 3.05) is 33.9 Å². The van der Waals surface area contributed by atoms with Gasteiger partial charge in [0.25, 0.3) is 5.91 Å². The van der Waals surface area contributed by atoms with Crippen LogP contribution in [0.5, 0.6) is 11.5 Å². The number of nitrogens with zero attached hydrogens (tertiary/aromatic N) is 3. The summed E-state index contributed by atoms with van der Waals surface area (Å²) < 4.78 is 12.9. The second-order valence-electron chi connectivity index (χ2n) is 10.7. The maximum absolute atomic E-state index is 14.1. The topological polar surface area (TPSA) is 64.0 Å². The minimum absolute atomic E-state index is 0.1000. The summed E-state index contributed by atoms with van der Waals surface area (Å²) in [5, 5.41) is 0.394. The van der Waals surface area contributed by atoms with E-state index in [1.54, 1.807) is 32.5 Å². The molecule has 1 aromatic heterocycles. The van der Waals surface area contributed by atoms with E-state index < -0.39 is 0 Å². The van der Waals surface area contributed by atoms with E-state index >= 15 is 0 Å². The molecule has 0 radical (unpaired) electrons. The van der Waals surface area contributed by atoms with Gasteiger partial charge in [0, 0.05) is 32.4 Å². The minimum Gasteiger partial charge on any atom is -0.496 e. The smallest absolute Gasteiger partial charge is 0.259 e. The first-order valence-corrected chi connectivity index (χ1v) is 13.0. The van der Waals surface area contributed by atoms with Gasteiger partial charge in [0.05, 0.1) is 31.2 Å². The number of methoxy groups -OCH3 is 2. The van der Waals surface area contributed by atoms with Crippen LogP contribution in [0.25, 0.3) is 10.9 Å². The quantitative estimate of drug-likeness (QED) is 0.633. The highest BCUT2D eigenvalue weighted by Gasteiger charge is 2.47. The number of amides is 1. The number of aromatic nitrogens is 1. The number of rotatable bonds is 3. The van der Waals surface area contributed by atoms with Crippen molar-refractivity contribution in [3.05, 3.63) is 45.8 Å². The van der Waals surface area contributed by atoms with Gasteiger partial charge in [-0.2, -0.15) is 0 Å². The first-order valence-electron chi connectivity index (χ1n) is 13.0. The zero-order valence-electron chi connectivity index (χ0n) is 21.0. The van der Waals surface area contributed by atoms with E-state index in [2.05, 4.69) is 11.0 Å². The van der Waals surface area contributed by atoms with Crippen molar-refractivity contribution in [2.24, 2.45) is 18.9 Å². The average Bonchev–Trinajstić information content (AvgIpc) is 2.89. The van der Waals surface area contributed by atoms with Crippen molar-refractivity contribution in [1.29, 1.82) is 0 Å². The molecule has 0 N–H and O–H groups in total. The van der Waals surface area contributed by atoms with Crippen molar-refractivity contribution in [1.82, 2.24) is 14.4 Å². The van der Waals surface area contributed by atoms with Crippen LogP contribution in [0.1, 0.15) is 48.9 Å². The number of benzene rings is 1. The van der Waals surface area contributed by atoms with Gasteiger partial charge in [0.2, 0.25) is 5.43 Å². The van der Waals surface area contributed by atoms with Gasteiger partial charge in [-0.3, -0.25) is 14.5 Å². The van der Waals surface area contributed by atoms with Gasteiger partial charge in [-0.25, -0.2) is 0 Å². The predicted octanol–water partition coefficient (Wildman–Crippen LogP) is 3.59. The zero-order chi connectivity index (χ0) is 24.3. The lowest BCUT2D eigenvalue weighted by Gasteiger charge is -2.54. The Morgan fingerprint density at radius 3 is 2.66 bits per heavy atom. The molecule has 35 heavy (non-hydrogen) atoms. The number of ether oxygens (including phenoxy) is 2. The van der Waals surface area contributed by atoms with Gasteiger partial charge in [-0.05, 0) is 62.6 Å². The van der Waals surface area contributed by atoms with Crippen LogP contribution < -0.4 is 14.9 Å². The van der Waals surface area contributed by atoms with Crippen LogP contribution in [0.15, 0.2) is 34.8 Å². The van der Waals surface area contributed by atoms with Crippen LogP contribution in [0.3, 0.4) is 0 Å². The third kappa shape index (κ3) is 3.50. The number of piperidine rings is 3. The molecular formula is C28H35N3O4. The van der Waals surface area contributed by atoms with Gasteiger partial charge in [-0.15, -0.1) is 0 Å². The molecule has 4 heterocycles. The lowest BCUT2D eigenvalue weighted by atomic mass is 9.68. The van der Waals surface area contributed by atoms with E-state index in [1.165, 1.54) is 31.4 Å². The fourth-order valence-corrected chi connectivity index (χ4v) is 7.42. The number of carbonyl (C=O) groups is 1. The van der Waals surface area contributed by atoms with Crippen LogP contribution in [-0.4, -0.2) is 66.2 Å². The summed E-state index contributed by atoms with van der Waals surface area (Å²) in [5.74, 6) is 1.93. The van der Waals surface area contributed by atoms with Crippen molar-refractivity contribution >= 4 is 16.8 Å². The number of likely N-dealkylation sites (tertiary alicyclic amines) is 1. The molecule has 1 aromatic carbocycles. The molecule has 4 aliphatic rings. The number of pyridine rings is 1. The fraction of sp³-hybridized carbons (Fsp3) is 0.571. The number of hydrogen-bond acceptors (Lipinski definition) is 5.